The first-order valence-electron chi connectivity index (χ1n) is 10.4. The summed E-state index contributed by atoms with van der Waals surface area (Å²) in [7, 11) is 0. The highest BCUT2D eigenvalue weighted by Gasteiger charge is 2.24. The third-order valence-corrected chi connectivity index (χ3v) is 6.78. The number of nitrogens with two attached hydrogens (primary N) is 1. The Balaban J connectivity index is 1.60. The first kappa shape index (κ1) is 19.2. The summed E-state index contributed by atoms with van der Waals surface area (Å²) in [4.78, 5) is 2.71. The minimum absolute atomic E-state index is 0.770. The van der Waals surface area contributed by atoms with Crippen molar-refractivity contribution in [3.63, 3.8) is 0 Å². The summed E-state index contributed by atoms with van der Waals surface area (Å²) >= 11 is 6.45. The van der Waals surface area contributed by atoms with Gasteiger partial charge in [0, 0.05) is 24.7 Å². The maximum atomic E-state index is 6.45. The van der Waals surface area contributed by atoms with E-state index in [4.69, 9.17) is 17.3 Å². The molecule has 1 aromatic rings. The number of nitrogens with zero attached hydrogens (tertiary/aromatic N) is 1. The lowest BCUT2D eigenvalue weighted by atomic mass is 9.81. The Morgan fingerprint density at radius 1 is 0.840 bits per heavy atom. The van der Waals surface area contributed by atoms with Crippen molar-refractivity contribution >= 4 is 11.6 Å². The normalized spacial score (nSPS) is 25.4. The van der Waals surface area contributed by atoms with Crippen LogP contribution in [0.5, 0.6) is 0 Å². The van der Waals surface area contributed by atoms with Gasteiger partial charge in [0.25, 0.3) is 0 Å². The molecule has 25 heavy (non-hydrogen) atoms. The molecule has 2 N–H and O–H groups in total. The van der Waals surface area contributed by atoms with Crippen LogP contribution < -0.4 is 5.73 Å². The Hall–Kier alpha value is -0.570. The molecule has 0 spiro atoms. The molecule has 2 saturated carbocycles. The van der Waals surface area contributed by atoms with Crippen molar-refractivity contribution in [2.45, 2.75) is 64.3 Å². The standard InChI is InChI=1S/C22H35ClN2/c23-22-9-5-4-8-21(22)17-25(15-19-6-2-1-3-7-19)16-20-12-10-18(14-24)11-13-20/h4-5,8-9,18-20H,1-3,6-7,10-17,24H2. The predicted octanol–water partition coefficient (Wildman–Crippen LogP) is 5.49. The van der Waals surface area contributed by atoms with E-state index in [9.17, 15) is 0 Å². The van der Waals surface area contributed by atoms with Crippen LogP contribution in [0.4, 0.5) is 0 Å². The molecule has 2 nitrogen and oxygen atoms in total. The molecule has 0 amide bonds. The van der Waals surface area contributed by atoms with Gasteiger partial charge in [-0.25, -0.2) is 0 Å². The highest BCUT2D eigenvalue weighted by atomic mass is 35.5. The van der Waals surface area contributed by atoms with Crippen molar-refractivity contribution in [1.82, 2.24) is 4.90 Å². The van der Waals surface area contributed by atoms with E-state index in [0.717, 1.165) is 35.9 Å². The minimum atomic E-state index is 0.770. The third kappa shape index (κ3) is 5.98. The molecule has 2 aliphatic carbocycles. The van der Waals surface area contributed by atoms with E-state index in [1.165, 1.54) is 76.4 Å². The lowest BCUT2D eigenvalue weighted by molar-refractivity contribution is 0.143. The monoisotopic (exact) mass is 362 g/mol. The Labute approximate surface area is 159 Å². The molecular weight excluding hydrogens is 328 g/mol. The molecule has 0 saturated heterocycles. The summed E-state index contributed by atoms with van der Waals surface area (Å²) in [6.45, 7) is 4.37. The van der Waals surface area contributed by atoms with Crippen LogP contribution in [0.15, 0.2) is 24.3 Å². The van der Waals surface area contributed by atoms with Gasteiger partial charge in [-0.2, -0.15) is 0 Å². The summed E-state index contributed by atoms with van der Waals surface area (Å²) in [5, 5.41) is 0.919. The fraction of sp³-hybridized carbons (Fsp3) is 0.727. The van der Waals surface area contributed by atoms with Gasteiger partial charge in [0.2, 0.25) is 0 Å². The van der Waals surface area contributed by atoms with E-state index in [0.29, 0.717) is 0 Å². The highest BCUT2D eigenvalue weighted by Crippen LogP contribution is 2.31. The summed E-state index contributed by atoms with van der Waals surface area (Å²) in [5.74, 6) is 2.50. The van der Waals surface area contributed by atoms with Crippen LogP contribution in [0.3, 0.4) is 0 Å². The van der Waals surface area contributed by atoms with Gasteiger partial charge in [0.1, 0.15) is 0 Å². The maximum absolute atomic E-state index is 6.45. The van der Waals surface area contributed by atoms with Gasteiger partial charge in [0.05, 0.1) is 0 Å². The molecule has 2 fully saturated rings. The average molecular weight is 363 g/mol. The van der Waals surface area contributed by atoms with Gasteiger partial charge in [-0.1, -0.05) is 49.1 Å². The Kier molecular flexibility index (Phi) is 7.64. The van der Waals surface area contributed by atoms with Crippen LogP contribution in [0.1, 0.15) is 63.4 Å². The smallest absolute Gasteiger partial charge is 0.0451 e. The van der Waals surface area contributed by atoms with Crippen LogP contribution >= 0.6 is 11.6 Å². The Bertz CT molecular complexity index is 505. The zero-order chi connectivity index (χ0) is 17.5. The Morgan fingerprint density at radius 3 is 2.08 bits per heavy atom. The first-order chi connectivity index (χ1) is 12.2. The lowest BCUT2D eigenvalue weighted by Gasteiger charge is -2.35. The molecule has 1 aromatic carbocycles. The van der Waals surface area contributed by atoms with Crippen molar-refractivity contribution < 1.29 is 0 Å². The van der Waals surface area contributed by atoms with Gasteiger partial charge < -0.3 is 5.73 Å². The highest BCUT2D eigenvalue weighted by molar-refractivity contribution is 6.31. The molecule has 2 aliphatic rings. The second-order valence-electron chi connectivity index (χ2n) is 8.41. The molecule has 0 radical (unpaired) electrons. The van der Waals surface area contributed by atoms with Crippen LogP contribution in [0.2, 0.25) is 5.02 Å². The fourth-order valence-electron chi connectivity index (χ4n) is 4.82. The lowest BCUT2D eigenvalue weighted by Crippen LogP contribution is -2.36. The summed E-state index contributed by atoms with van der Waals surface area (Å²) in [6.07, 6.45) is 12.5. The quantitative estimate of drug-likeness (QED) is 0.695. The molecule has 0 unspecified atom stereocenters. The van der Waals surface area contributed by atoms with E-state index in [2.05, 4.69) is 17.0 Å². The summed E-state index contributed by atoms with van der Waals surface area (Å²) in [5.41, 5.74) is 7.15. The molecular formula is C22H35ClN2. The summed E-state index contributed by atoms with van der Waals surface area (Å²) < 4.78 is 0. The van der Waals surface area contributed by atoms with Crippen LogP contribution in [-0.2, 0) is 6.54 Å². The van der Waals surface area contributed by atoms with Gasteiger partial charge in [0.15, 0.2) is 0 Å². The fourth-order valence-corrected chi connectivity index (χ4v) is 5.02. The predicted molar refractivity (Wildman–Crippen MR) is 108 cm³/mol. The third-order valence-electron chi connectivity index (χ3n) is 6.41. The maximum Gasteiger partial charge on any atom is 0.0451 e. The molecule has 0 aliphatic heterocycles. The number of hydrogen-bond donors (Lipinski definition) is 1. The molecule has 3 heteroatoms. The van der Waals surface area contributed by atoms with Crippen molar-refractivity contribution in [3.05, 3.63) is 34.9 Å². The molecule has 0 heterocycles. The van der Waals surface area contributed by atoms with Gasteiger partial charge in [-0.05, 0) is 74.5 Å². The minimum Gasteiger partial charge on any atom is -0.330 e. The second kappa shape index (κ2) is 9.94. The summed E-state index contributed by atoms with van der Waals surface area (Å²) in [6, 6.07) is 8.38. The van der Waals surface area contributed by atoms with Crippen molar-refractivity contribution in [3.8, 4) is 0 Å². The van der Waals surface area contributed by atoms with Crippen molar-refractivity contribution in [2.75, 3.05) is 19.6 Å². The molecule has 0 atom stereocenters. The second-order valence-corrected chi connectivity index (χ2v) is 8.82. The number of rotatable bonds is 7. The number of halogens is 1. The van der Waals surface area contributed by atoms with Gasteiger partial charge in [-0.3, -0.25) is 4.90 Å². The van der Waals surface area contributed by atoms with Crippen molar-refractivity contribution in [1.29, 1.82) is 0 Å². The van der Waals surface area contributed by atoms with E-state index < -0.39 is 0 Å². The molecule has 140 valence electrons. The molecule has 0 bridgehead atoms. The molecule has 0 aromatic heterocycles. The van der Waals surface area contributed by atoms with Crippen LogP contribution in [-0.4, -0.2) is 24.5 Å². The number of hydrogen-bond acceptors (Lipinski definition) is 2. The zero-order valence-electron chi connectivity index (χ0n) is 15.6. The van der Waals surface area contributed by atoms with Crippen LogP contribution in [0, 0.1) is 17.8 Å². The SMILES string of the molecule is NCC1CCC(CN(Cc2ccccc2Cl)CC2CCCCC2)CC1. The number of benzene rings is 1. The van der Waals surface area contributed by atoms with E-state index >= 15 is 0 Å². The first-order valence-corrected chi connectivity index (χ1v) is 10.8. The zero-order valence-corrected chi connectivity index (χ0v) is 16.4. The topological polar surface area (TPSA) is 29.3 Å². The molecule has 3 rings (SSSR count). The Morgan fingerprint density at radius 2 is 1.44 bits per heavy atom. The van der Waals surface area contributed by atoms with E-state index in [1.54, 1.807) is 0 Å². The van der Waals surface area contributed by atoms with Gasteiger partial charge >= 0.3 is 0 Å². The average Bonchev–Trinajstić information content (AvgIpc) is 2.65. The van der Waals surface area contributed by atoms with Crippen LogP contribution in [0.25, 0.3) is 0 Å². The van der Waals surface area contributed by atoms with E-state index in [1.807, 2.05) is 12.1 Å². The van der Waals surface area contributed by atoms with Crippen molar-refractivity contribution in [2.24, 2.45) is 23.5 Å². The van der Waals surface area contributed by atoms with E-state index in [-0.39, 0.29) is 0 Å². The largest absolute Gasteiger partial charge is 0.330 e. The van der Waals surface area contributed by atoms with Gasteiger partial charge in [-0.15, -0.1) is 0 Å².